The standard InChI is InChI=1S/C22H18BrN3O/c23-20-21-17(14-19(22(20)27)25-12-6-7-13-25)24-16-10-4-5-11-18(16)26(21)15-8-2-1-3-9-15/h1-5,8-11,14H,6-7,12-13H2. The molecular formula is C22H18BrN3O. The summed E-state index contributed by atoms with van der Waals surface area (Å²) in [6, 6.07) is 20.1. The summed E-state index contributed by atoms with van der Waals surface area (Å²) in [4.78, 5) is 20.2. The monoisotopic (exact) mass is 419 g/mol. The Bertz CT molecular complexity index is 1160. The molecule has 0 saturated carbocycles. The molecule has 5 heteroatoms. The largest absolute Gasteiger partial charge is 0.368 e. The smallest absolute Gasteiger partial charge is 0.218 e. The number of fused-ring (bicyclic) bond motifs is 2. The molecule has 0 radical (unpaired) electrons. The lowest BCUT2D eigenvalue weighted by Gasteiger charge is -2.23. The van der Waals surface area contributed by atoms with Crippen LogP contribution in [0, 0.1) is 0 Å². The predicted molar refractivity (Wildman–Crippen MR) is 113 cm³/mol. The maximum Gasteiger partial charge on any atom is 0.218 e. The summed E-state index contributed by atoms with van der Waals surface area (Å²) in [6.07, 6.45) is 2.26. The SMILES string of the molecule is O=c1c(N2CCCC2)cc2nc3ccccc3n(-c3ccccc3)c-2c1Br. The average Bonchev–Trinajstić information content (AvgIpc) is 3.24. The topological polar surface area (TPSA) is 38.1 Å². The molecule has 2 heterocycles. The van der Waals surface area contributed by atoms with E-state index in [0.717, 1.165) is 59.7 Å². The fraction of sp³-hybridized carbons (Fsp3) is 0.182. The zero-order valence-corrected chi connectivity index (χ0v) is 16.3. The van der Waals surface area contributed by atoms with E-state index in [2.05, 4.69) is 37.5 Å². The highest BCUT2D eigenvalue weighted by Gasteiger charge is 2.24. The first-order valence-corrected chi connectivity index (χ1v) is 9.98. The van der Waals surface area contributed by atoms with Gasteiger partial charge in [0.05, 0.1) is 32.6 Å². The van der Waals surface area contributed by atoms with E-state index in [1.165, 1.54) is 0 Å². The third-order valence-corrected chi connectivity index (χ3v) is 5.94. The van der Waals surface area contributed by atoms with Crippen molar-refractivity contribution in [2.45, 2.75) is 12.8 Å². The van der Waals surface area contributed by atoms with Crippen LogP contribution in [-0.4, -0.2) is 22.6 Å². The van der Waals surface area contributed by atoms with Crippen LogP contribution in [0.25, 0.3) is 28.1 Å². The van der Waals surface area contributed by atoms with Crippen LogP contribution in [-0.2, 0) is 0 Å². The lowest BCUT2D eigenvalue weighted by atomic mass is 10.1. The molecule has 0 spiro atoms. The number of anilines is 1. The van der Waals surface area contributed by atoms with Gasteiger partial charge < -0.3 is 9.47 Å². The first kappa shape index (κ1) is 16.5. The van der Waals surface area contributed by atoms with E-state index in [4.69, 9.17) is 4.98 Å². The van der Waals surface area contributed by atoms with Gasteiger partial charge in [-0.05, 0) is 59.1 Å². The molecule has 0 N–H and O–H groups in total. The zero-order valence-electron chi connectivity index (χ0n) is 14.7. The quantitative estimate of drug-likeness (QED) is 0.435. The van der Waals surface area contributed by atoms with Crippen molar-refractivity contribution in [1.82, 2.24) is 9.55 Å². The Morgan fingerprint density at radius 3 is 2.41 bits per heavy atom. The number of aromatic nitrogens is 2. The van der Waals surface area contributed by atoms with Crippen molar-refractivity contribution < 1.29 is 0 Å². The van der Waals surface area contributed by atoms with Gasteiger partial charge in [-0.15, -0.1) is 0 Å². The molecule has 1 saturated heterocycles. The molecule has 0 bridgehead atoms. The Kier molecular flexibility index (Phi) is 3.97. The third-order valence-electron chi connectivity index (χ3n) is 5.20. The summed E-state index contributed by atoms with van der Waals surface area (Å²) >= 11 is 3.61. The molecule has 2 aliphatic heterocycles. The van der Waals surface area contributed by atoms with Crippen LogP contribution in [0.5, 0.6) is 0 Å². The lowest BCUT2D eigenvalue weighted by Crippen LogP contribution is -2.26. The van der Waals surface area contributed by atoms with Gasteiger partial charge in [0.15, 0.2) is 0 Å². The van der Waals surface area contributed by atoms with E-state index in [0.29, 0.717) is 4.47 Å². The highest BCUT2D eigenvalue weighted by molar-refractivity contribution is 9.10. The number of rotatable bonds is 2. The van der Waals surface area contributed by atoms with Crippen molar-refractivity contribution in [3.05, 3.63) is 75.4 Å². The highest BCUT2D eigenvalue weighted by atomic mass is 79.9. The minimum atomic E-state index is 0.0335. The molecule has 0 unspecified atom stereocenters. The van der Waals surface area contributed by atoms with Crippen LogP contribution in [0.2, 0.25) is 0 Å². The van der Waals surface area contributed by atoms with Crippen LogP contribution < -0.4 is 10.3 Å². The Morgan fingerprint density at radius 1 is 0.926 bits per heavy atom. The summed E-state index contributed by atoms with van der Waals surface area (Å²) in [5, 5.41) is 0. The molecule has 0 amide bonds. The first-order chi connectivity index (χ1) is 13.2. The van der Waals surface area contributed by atoms with E-state index < -0.39 is 0 Å². The number of halogens is 1. The van der Waals surface area contributed by atoms with Gasteiger partial charge in [0.25, 0.3) is 0 Å². The van der Waals surface area contributed by atoms with Gasteiger partial charge in [-0.3, -0.25) is 4.79 Å². The second-order valence-electron chi connectivity index (χ2n) is 6.87. The highest BCUT2D eigenvalue weighted by Crippen LogP contribution is 2.35. The summed E-state index contributed by atoms with van der Waals surface area (Å²) in [7, 11) is 0. The number of nitrogens with zero attached hydrogens (tertiary/aromatic N) is 3. The Balaban J connectivity index is 1.91. The molecule has 134 valence electrons. The molecule has 0 aromatic heterocycles. The van der Waals surface area contributed by atoms with Gasteiger partial charge in [0.2, 0.25) is 5.43 Å². The summed E-state index contributed by atoms with van der Waals surface area (Å²) in [5.74, 6) is 0. The van der Waals surface area contributed by atoms with Crippen LogP contribution in [0.4, 0.5) is 5.69 Å². The fourth-order valence-corrected chi connectivity index (χ4v) is 4.51. The zero-order chi connectivity index (χ0) is 18.4. The molecule has 27 heavy (non-hydrogen) atoms. The van der Waals surface area contributed by atoms with Gasteiger partial charge in [0.1, 0.15) is 0 Å². The predicted octanol–water partition coefficient (Wildman–Crippen LogP) is 4.85. The Morgan fingerprint density at radius 2 is 1.63 bits per heavy atom. The van der Waals surface area contributed by atoms with Crippen LogP contribution >= 0.6 is 15.9 Å². The van der Waals surface area contributed by atoms with Gasteiger partial charge in [-0.1, -0.05) is 30.3 Å². The van der Waals surface area contributed by atoms with Gasteiger partial charge in [-0.2, -0.15) is 0 Å². The maximum absolute atomic E-state index is 13.2. The first-order valence-electron chi connectivity index (χ1n) is 9.18. The fourth-order valence-electron chi connectivity index (χ4n) is 3.93. The average molecular weight is 420 g/mol. The molecule has 2 aromatic rings. The molecule has 1 aliphatic carbocycles. The second kappa shape index (κ2) is 6.50. The molecular weight excluding hydrogens is 402 g/mol. The molecule has 4 nitrogen and oxygen atoms in total. The van der Waals surface area contributed by atoms with Gasteiger partial charge in [-0.25, -0.2) is 4.98 Å². The Labute approximate surface area is 165 Å². The summed E-state index contributed by atoms with van der Waals surface area (Å²) in [5.41, 5.74) is 5.31. The number of benzene rings is 3. The van der Waals surface area contributed by atoms with E-state index in [1.807, 2.05) is 48.5 Å². The van der Waals surface area contributed by atoms with Crippen LogP contribution in [0.15, 0.2) is 69.9 Å². The number of hydrogen-bond acceptors (Lipinski definition) is 3. The normalized spacial score (nSPS) is 14.3. The van der Waals surface area contributed by atoms with Crippen molar-refractivity contribution in [3.63, 3.8) is 0 Å². The van der Waals surface area contributed by atoms with E-state index in [1.54, 1.807) is 0 Å². The van der Waals surface area contributed by atoms with E-state index >= 15 is 0 Å². The van der Waals surface area contributed by atoms with Crippen molar-refractivity contribution >= 4 is 32.7 Å². The van der Waals surface area contributed by atoms with Crippen molar-refractivity contribution in [2.75, 3.05) is 18.0 Å². The number of hydrogen-bond donors (Lipinski definition) is 0. The molecule has 2 aromatic carbocycles. The minimum Gasteiger partial charge on any atom is -0.368 e. The molecule has 3 aliphatic rings. The second-order valence-corrected chi connectivity index (χ2v) is 7.67. The molecule has 5 rings (SSSR count). The molecule has 1 fully saturated rings. The minimum absolute atomic E-state index is 0.0335. The lowest BCUT2D eigenvalue weighted by molar-refractivity contribution is 0.949. The molecule has 0 atom stereocenters. The summed E-state index contributed by atoms with van der Waals surface area (Å²) < 4.78 is 2.70. The Hall–Kier alpha value is -2.66. The van der Waals surface area contributed by atoms with Crippen LogP contribution in [0.3, 0.4) is 0 Å². The van der Waals surface area contributed by atoms with E-state index in [-0.39, 0.29) is 5.43 Å². The maximum atomic E-state index is 13.2. The van der Waals surface area contributed by atoms with Gasteiger partial charge in [0, 0.05) is 18.8 Å². The van der Waals surface area contributed by atoms with Gasteiger partial charge >= 0.3 is 0 Å². The van der Waals surface area contributed by atoms with Crippen LogP contribution in [0.1, 0.15) is 12.8 Å². The summed E-state index contributed by atoms with van der Waals surface area (Å²) in [6.45, 7) is 1.86. The van der Waals surface area contributed by atoms with E-state index in [9.17, 15) is 4.79 Å². The number of para-hydroxylation sites is 3. The van der Waals surface area contributed by atoms with Crippen molar-refractivity contribution in [3.8, 4) is 17.1 Å². The van der Waals surface area contributed by atoms with Crippen molar-refractivity contribution in [1.29, 1.82) is 0 Å². The van der Waals surface area contributed by atoms with Crippen molar-refractivity contribution in [2.24, 2.45) is 0 Å². The third kappa shape index (κ3) is 2.65.